The second-order valence-electron chi connectivity index (χ2n) is 4.85. The Morgan fingerprint density at radius 3 is 2.67 bits per heavy atom. The van der Waals surface area contributed by atoms with Gasteiger partial charge in [0, 0.05) is 36.4 Å². The zero-order valence-electron chi connectivity index (χ0n) is 11.6. The van der Waals surface area contributed by atoms with Gasteiger partial charge in [-0.3, -0.25) is 4.68 Å². The van der Waals surface area contributed by atoms with Crippen molar-refractivity contribution in [2.24, 2.45) is 7.05 Å². The van der Waals surface area contributed by atoms with Crippen LogP contribution < -0.4 is 5.32 Å². The molecule has 1 N–H and O–H groups in total. The first-order chi connectivity index (χ1) is 9.77. The molecule has 0 aliphatic carbocycles. The van der Waals surface area contributed by atoms with Gasteiger partial charge in [-0.2, -0.15) is 18.3 Å². The summed E-state index contributed by atoms with van der Waals surface area (Å²) < 4.78 is 39.7. The van der Waals surface area contributed by atoms with Gasteiger partial charge in [-0.1, -0.05) is 11.6 Å². The molecule has 0 unspecified atom stereocenters. The summed E-state index contributed by atoms with van der Waals surface area (Å²) in [6, 6.07) is 3.29. The van der Waals surface area contributed by atoms with Gasteiger partial charge in [0.1, 0.15) is 0 Å². The topological polar surface area (TPSA) is 29.9 Å². The van der Waals surface area contributed by atoms with Crippen molar-refractivity contribution < 1.29 is 13.2 Å². The Kier molecular flexibility index (Phi) is 4.58. The van der Waals surface area contributed by atoms with Crippen LogP contribution in [0.25, 0.3) is 0 Å². The normalized spacial score (nSPS) is 13.4. The van der Waals surface area contributed by atoms with E-state index in [-0.39, 0.29) is 12.6 Å². The number of nitrogens with zero attached hydrogens (tertiary/aromatic N) is 2. The summed E-state index contributed by atoms with van der Waals surface area (Å²) in [5.41, 5.74) is 0.681. The molecule has 1 aromatic carbocycles. The zero-order valence-corrected chi connectivity index (χ0v) is 12.3. The van der Waals surface area contributed by atoms with Gasteiger partial charge in [0.15, 0.2) is 0 Å². The Morgan fingerprint density at radius 2 is 2.10 bits per heavy atom. The van der Waals surface area contributed by atoms with Crippen LogP contribution in [-0.4, -0.2) is 9.78 Å². The number of hydrogen-bond acceptors (Lipinski definition) is 2. The molecule has 0 amide bonds. The van der Waals surface area contributed by atoms with E-state index in [2.05, 4.69) is 10.4 Å². The maximum atomic E-state index is 12.7. The number of rotatable bonds is 4. The van der Waals surface area contributed by atoms with Crippen molar-refractivity contribution in [3.63, 3.8) is 0 Å². The molecule has 114 valence electrons. The number of halogens is 4. The van der Waals surface area contributed by atoms with Gasteiger partial charge in [0.25, 0.3) is 0 Å². The van der Waals surface area contributed by atoms with E-state index in [1.807, 2.05) is 13.1 Å². The van der Waals surface area contributed by atoms with Crippen molar-refractivity contribution in [2.45, 2.75) is 25.7 Å². The van der Waals surface area contributed by atoms with Gasteiger partial charge < -0.3 is 5.32 Å². The standard InChI is InChI=1S/C14H15ClF3N3/c1-9(11-7-20-21(2)8-11)19-6-10-5-12(14(16,17)18)3-4-13(10)15/h3-5,7-9,19H,6H2,1-2H3/t9-/m0/s1. The SMILES string of the molecule is C[C@H](NCc1cc(C(F)(F)F)ccc1Cl)c1cnn(C)c1. The summed E-state index contributed by atoms with van der Waals surface area (Å²) in [6.07, 6.45) is -0.800. The quantitative estimate of drug-likeness (QED) is 0.925. The number of hydrogen-bond donors (Lipinski definition) is 1. The van der Waals surface area contributed by atoms with Gasteiger partial charge in [0.2, 0.25) is 0 Å². The first-order valence-electron chi connectivity index (χ1n) is 6.35. The fraction of sp³-hybridized carbons (Fsp3) is 0.357. The monoisotopic (exact) mass is 317 g/mol. The van der Waals surface area contributed by atoms with E-state index in [1.165, 1.54) is 6.07 Å². The molecule has 2 rings (SSSR count). The van der Waals surface area contributed by atoms with Crippen LogP contribution in [0.15, 0.2) is 30.6 Å². The van der Waals surface area contributed by atoms with E-state index in [9.17, 15) is 13.2 Å². The third kappa shape index (κ3) is 3.98. The fourth-order valence-corrected chi connectivity index (χ4v) is 2.12. The van der Waals surface area contributed by atoms with Crippen molar-refractivity contribution in [1.29, 1.82) is 0 Å². The first-order valence-corrected chi connectivity index (χ1v) is 6.72. The van der Waals surface area contributed by atoms with Crippen LogP contribution in [0.2, 0.25) is 5.02 Å². The highest BCUT2D eigenvalue weighted by Gasteiger charge is 2.30. The van der Waals surface area contributed by atoms with Crippen molar-refractivity contribution in [1.82, 2.24) is 15.1 Å². The minimum atomic E-state index is -4.37. The van der Waals surface area contributed by atoms with Crippen LogP contribution in [0, 0.1) is 0 Å². The molecule has 2 aromatic rings. The molecule has 1 atom stereocenters. The maximum Gasteiger partial charge on any atom is 0.416 e. The molecule has 1 aromatic heterocycles. The highest BCUT2D eigenvalue weighted by Crippen LogP contribution is 2.31. The average Bonchev–Trinajstić information content (AvgIpc) is 2.83. The smallest absolute Gasteiger partial charge is 0.306 e. The van der Waals surface area contributed by atoms with Crippen LogP contribution in [0.1, 0.15) is 29.7 Å². The van der Waals surface area contributed by atoms with Crippen LogP contribution in [0.3, 0.4) is 0 Å². The van der Waals surface area contributed by atoms with E-state index in [0.29, 0.717) is 10.6 Å². The molecule has 0 fully saturated rings. The Labute approximate surface area is 125 Å². The third-order valence-corrected chi connectivity index (χ3v) is 3.57. The van der Waals surface area contributed by atoms with Crippen LogP contribution in [0.5, 0.6) is 0 Å². The van der Waals surface area contributed by atoms with Crippen LogP contribution in [0.4, 0.5) is 13.2 Å². The summed E-state index contributed by atoms with van der Waals surface area (Å²) in [7, 11) is 1.81. The van der Waals surface area contributed by atoms with Crippen molar-refractivity contribution in [2.75, 3.05) is 0 Å². The highest BCUT2D eigenvalue weighted by atomic mass is 35.5. The Hall–Kier alpha value is -1.53. The predicted octanol–water partition coefficient (Wildman–Crippen LogP) is 3.94. The molecule has 0 radical (unpaired) electrons. The molecular formula is C14H15ClF3N3. The van der Waals surface area contributed by atoms with E-state index in [1.54, 1.807) is 17.9 Å². The zero-order chi connectivity index (χ0) is 15.6. The highest BCUT2D eigenvalue weighted by molar-refractivity contribution is 6.31. The van der Waals surface area contributed by atoms with Gasteiger partial charge >= 0.3 is 6.18 Å². The molecule has 0 aliphatic rings. The van der Waals surface area contributed by atoms with E-state index in [0.717, 1.165) is 17.7 Å². The fourth-order valence-electron chi connectivity index (χ4n) is 1.93. The van der Waals surface area contributed by atoms with Crippen molar-refractivity contribution in [3.8, 4) is 0 Å². The maximum absolute atomic E-state index is 12.7. The molecule has 0 aliphatic heterocycles. The van der Waals surface area contributed by atoms with Gasteiger partial charge in [-0.15, -0.1) is 0 Å². The lowest BCUT2D eigenvalue weighted by atomic mass is 10.1. The average molecular weight is 318 g/mol. The number of aromatic nitrogens is 2. The van der Waals surface area contributed by atoms with Gasteiger partial charge in [-0.05, 0) is 30.7 Å². The molecule has 0 saturated heterocycles. The summed E-state index contributed by atoms with van der Waals surface area (Å²) in [4.78, 5) is 0. The van der Waals surface area contributed by atoms with Gasteiger partial charge in [-0.25, -0.2) is 0 Å². The predicted molar refractivity (Wildman–Crippen MR) is 74.9 cm³/mol. The molecule has 7 heteroatoms. The summed E-state index contributed by atoms with van der Waals surface area (Å²) in [5, 5.41) is 7.52. The minimum absolute atomic E-state index is 0.0377. The number of alkyl halides is 3. The molecule has 0 bridgehead atoms. The van der Waals surface area contributed by atoms with E-state index in [4.69, 9.17) is 11.6 Å². The minimum Gasteiger partial charge on any atom is -0.306 e. The lowest BCUT2D eigenvalue weighted by Gasteiger charge is -2.14. The summed E-state index contributed by atoms with van der Waals surface area (Å²) in [6.45, 7) is 2.16. The molecule has 1 heterocycles. The Bertz CT molecular complexity index is 622. The number of benzene rings is 1. The molecule has 0 saturated carbocycles. The molecular weight excluding hydrogens is 303 g/mol. The Morgan fingerprint density at radius 1 is 1.38 bits per heavy atom. The Balaban J connectivity index is 2.09. The van der Waals surface area contributed by atoms with Gasteiger partial charge in [0.05, 0.1) is 11.8 Å². The second-order valence-corrected chi connectivity index (χ2v) is 5.26. The lowest BCUT2D eigenvalue weighted by Crippen LogP contribution is -2.18. The second kappa shape index (κ2) is 6.07. The molecule has 21 heavy (non-hydrogen) atoms. The first kappa shape index (κ1) is 15.9. The van der Waals surface area contributed by atoms with Crippen molar-refractivity contribution >= 4 is 11.6 Å². The summed E-state index contributed by atoms with van der Waals surface area (Å²) in [5.74, 6) is 0. The number of aryl methyl sites for hydroxylation is 1. The molecule has 3 nitrogen and oxygen atoms in total. The van der Waals surface area contributed by atoms with E-state index < -0.39 is 11.7 Å². The largest absolute Gasteiger partial charge is 0.416 e. The summed E-state index contributed by atoms with van der Waals surface area (Å²) >= 11 is 5.96. The van der Waals surface area contributed by atoms with E-state index >= 15 is 0 Å². The lowest BCUT2D eigenvalue weighted by molar-refractivity contribution is -0.137. The molecule has 0 spiro atoms. The van der Waals surface area contributed by atoms with Crippen LogP contribution >= 0.6 is 11.6 Å². The number of nitrogens with one attached hydrogen (secondary N) is 1. The van der Waals surface area contributed by atoms with Crippen molar-refractivity contribution in [3.05, 3.63) is 52.3 Å². The van der Waals surface area contributed by atoms with Crippen LogP contribution in [-0.2, 0) is 19.8 Å². The third-order valence-electron chi connectivity index (χ3n) is 3.20.